The third-order valence-electron chi connectivity index (χ3n) is 4.14. The summed E-state index contributed by atoms with van der Waals surface area (Å²) in [5.74, 6) is 0.843. The number of aliphatic imine (C=N–C) groups is 1. The molecule has 0 spiro atoms. The summed E-state index contributed by atoms with van der Waals surface area (Å²) in [6.07, 6.45) is 1.14. The average Bonchev–Trinajstić information content (AvgIpc) is 2.47. The van der Waals surface area contributed by atoms with Crippen LogP contribution < -0.4 is 10.6 Å². The zero-order valence-electron chi connectivity index (χ0n) is 13.0. The van der Waals surface area contributed by atoms with E-state index in [1.807, 2.05) is 7.05 Å². The largest absolute Gasteiger partial charge is 0.359 e. The minimum absolute atomic E-state index is 0.0975. The van der Waals surface area contributed by atoms with Crippen LogP contribution in [0.3, 0.4) is 0 Å². The Labute approximate surface area is 122 Å². The second-order valence-electron chi connectivity index (χ2n) is 5.93. The van der Waals surface area contributed by atoms with Gasteiger partial charge in [-0.15, -0.1) is 0 Å². The number of hydrogen-bond donors (Lipinski definition) is 2. The smallest absolute Gasteiger partial charge is 0.190 e. The standard InChI is InChI=1S/C16H26N4/c1-16(2,12-19-15(17-3)18-4)20-10-9-13-7-5-6-8-14(13)11-20/h5-8H,9-12H2,1-4H3,(H2,17,18,19). The van der Waals surface area contributed by atoms with Gasteiger partial charge in [-0.3, -0.25) is 9.89 Å². The number of hydrogen-bond acceptors (Lipinski definition) is 2. The van der Waals surface area contributed by atoms with Crippen LogP contribution in [0.4, 0.5) is 0 Å². The lowest BCUT2D eigenvalue weighted by molar-refractivity contribution is 0.107. The van der Waals surface area contributed by atoms with E-state index < -0.39 is 0 Å². The highest BCUT2D eigenvalue weighted by atomic mass is 15.2. The molecular weight excluding hydrogens is 248 g/mol. The Morgan fingerprint density at radius 2 is 2.00 bits per heavy atom. The van der Waals surface area contributed by atoms with E-state index in [0.29, 0.717) is 0 Å². The average molecular weight is 274 g/mol. The van der Waals surface area contributed by atoms with Gasteiger partial charge in [0, 0.05) is 39.3 Å². The maximum atomic E-state index is 4.17. The molecule has 0 bridgehead atoms. The van der Waals surface area contributed by atoms with Crippen molar-refractivity contribution in [3.63, 3.8) is 0 Å². The minimum atomic E-state index is 0.0975. The summed E-state index contributed by atoms with van der Waals surface area (Å²) in [7, 11) is 3.68. The monoisotopic (exact) mass is 274 g/mol. The van der Waals surface area contributed by atoms with Gasteiger partial charge in [0.05, 0.1) is 0 Å². The Balaban J connectivity index is 2.01. The molecule has 0 aliphatic carbocycles. The number of fused-ring (bicyclic) bond motifs is 1. The van der Waals surface area contributed by atoms with Crippen LogP contribution in [-0.2, 0) is 13.0 Å². The molecule has 1 aliphatic heterocycles. The highest BCUT2D eigenvalue weighted by molar-refractivity contribution is 5.79. The summed E-state index contributed by atoms with van der Waals surface area (Å²) in [4.78, 5) is 6.71. The van der Waals surface area contributed by atoms with Crippen molar-refractivity contribution in [2.24, 2.45) is 4.99 Å². The van der Waals surface area contributed by atoms with Gasteiger partial charge in [-0.1, -0.05) is 24.3 Å². The number of nitrogens with one attached hydrogen (secondary N) is 2. The molecule has 1 aliphatic rings. The van der Waals surface area contributed by atoms with Crippen molar-refractivity contribution in [3.8, 4) is 0 Å². The van der Waals surface area contributed by atoms with Crippen LogP contribution in [0.5, 0.6) is 0 Å². The van der Waals surface area contributed by atoms with Crippen LogP contribution in [0, 0.1) is 0 Å². The third kappa shape index (κ3) is 3.31. The second-order valence-corrected chi connectivity index (χ2v) is 5.93. The van der Waals surface area contributed by atoms with Gasteiger partial charge in [-0.05, 0) is 31.4 Å². The van der Waals surface area contributed by atoms with E-state index in [2.05, 4.69) is 58.6 Å². The maximum absolute atomic E-state index is 4.17. The highest BCUT2D eigenvalue weighted by Gasteiger charge is 2.29. The number of benzene rings is 1. The molecule has 0 saturated carbocycles. The van der Waals surface area contributed by atoms with Crippen molar-refractivity contribution < 1.29 is 0 Å². The Bertz CT molecular complexity index is 479. The molecule has 0 radical (unpaired) electrons. The molecule has 1 aromatic rings. The fourth-order valence-corrected chi connectivity index (χ4v) is 2.70. The lowest BCUT2D eigenvalue weighted by Gasteiger charge is -2.41. The Morgan fingerprint density at radius 1 is 1.30 bits per heavy atom. The van der Waals surface area contributed by atoms with E-state index in [-0.39, 0.29) is 5.54 Å². The fourth-order valence-electron chi connectivity index (χ4n) is 2.70. The number of nitrogens with zero attached hydrogens (tertiary/aromatic N) is 2. The third-order valence-corrected chi connectivity index (χ3v) is 4.14. The Hall–Kier alpha value is -1.55. The predicted octanol–water partition coefficient (Wildman–Crippen LogP) is 1.62. The van der Waals surface area contributed by atoms with E-state index >= 15 is 0 Å². The van der Waals surface area contributed by atoms with Crippen LogP contribution >= 0.6 is 0 Å². The minimum Gasteiger partial charge on any atom is -0.359 e. The Morgan fingerprint density at radius 3 is 2.65 bits per heavy atom. The van der Waals surface area contributed by atoms with Gasteiger partial charge in [-0.25, -0.2) is 0 Å². The van der Waals surface area contributed by atoms with Gasteiger partial charge in [-0.2, -0.15) is 0 Å². The Kier molecular flexibility index (Phi) is 4.65. The number of guanidine groups is 1. The van der Waals surface area contributed by atoms with Crippen LogP contribution in [0.15, 0.2) is 29.3 Å². The molecule has 20 heavy (non-hydrogen) atoms. The molecule has 0 atom stereocenters. The van der Waals surface area contributed by atoms with Crippen LogP contribution in [0.25, 0.3) is 0 Å². The molecule has 0 amide bonds. The summed E-state index contributed by atoms with van der Waals surface area (Å²) in [6.45, 7) is 7.60. The molecule has 0 fully saturated rings. The van der Waals surface area contributed by atoms with Gasteiger partial charge in [0.15, 0.2) is 5.96 Å². The molecule has 0 saturated heterocycles. The zero-order chi connectivity index (χ0) is 14.6. The van der Waals surface area contributed by atoms with E-state index in [9.17, 15) is 0 Å². The van der Waals surface area contributed by atoms with Crippen molar-refractivity contribution in [2.75, 3.05) is 27.2 Å². The zero-order valence-corrected chi connectivity index (χ0v) is 13.0. The summed E-state index contributed by atoms with van der Waals surface area (Å²) in [5, 5.41) is 6.44. The molecule has 0 aromatic heterocycles. The molecular formula is C16H26N4. The van der Waals surface area contributed by atoms with Gasteiger partial charge >= 0.3 is 0 Å². The molecule has 110 valence electrons. The summed E-state index contributed by atoms with van der Waals surface area (Å²) >= 11 is 0. The van der Waals surface area contributed by atoms with Crippen LogP contribution in [0.1, 0.15) is 25.0 Å². The van der Waals surface area contributed by atoms with Crippen LogP contribution in [-0.4, -0.2) is 43.6 Å². The first-order chi connectivity index (χ1) is 9.56. The van der Waals surface area contributed by atoms with Crippen molar-refractivity contribution in [2.45, 2.75) is 32.4 Å². The molecule has 1 aromatic carbocycles. The van der Waals surface area contributed by atoms with Crippen LogP contribution in [0.2, 0.25) is 0 Å². The molecule has 1 heterocycles. The van der Waals surface area contributed by atoms with Crippen molar-refractivity contribution in [1.29, 1.82) is 0 Å². The first kappa shape index (κ1) is 14.9. The van der Waals surface area contributed by atoms with Gasteiger partial charge in [0.1, 0.15) is 0 Å². The van der Waals surface area contributed by atoms with E-state index in [4.69, 9.17) is 0 Å². The van der Waals surface area contributed by atoms with E-state index in [1.54, 1.807) is 7.05 Å². The second kappa shape index (κ2) is 6.27. The summed E-state index contributed by atoms with van der Waals surface area (Å²) in [6, 6.07) is 8.77. The van der Waals surface area contributed by atoms with Gasteiger partial charge in [0.25, 0.3) is 0 Å². The van der Waals surface area contributed by atoms with Crippen molar-refractivity contribution >= 4 is 5.96 Å². The number of rotatable bonds is 3. The lowest BCUT2D eigenvalue weighted by atomic mass is 9.94. The van der Waals surface area contributed by atoms with E-state index in [1.165, 1.54) is 11.1 Å². The quantitative estimate of drug-likeness (QED) is 0.650. The predicted molar refractivity (Wildman–Crippen MR) is 85.1 cm³/mol. The molecule has 4 heteroatoms. The maximum Gasteiger partial charge on any atom is 0.190 e. The molecule has 0 unspecified atom stereocenters. The van der Waals surface area contributed by atoms with E-state index in [0.717, 1.165) is 32.0 Å². The molecule has 2 N–H and O–H groups in total. The van der Waals surface area contributed by atoms with Gasteiger partial charge in [0.2, 0.25) is 0 Å². The summed E-state index contributed by atoms with van der Waals surface area (Å²) < 4.78 is 0. The van der Waals surface area contributed by atoms with Crippen molar-refractivity contribution in [3.05, 3.63) is 35.4 Å². The fraction of sp³-hybridized carbons (Fsp3) is 0.562. The molecule has 4 nitrogen and oxygen atoms in total. The SMILES string of the molecule is CN=C(NC)NCC(C)(C)N1CCc2ccccc2C1. The lowest BCUT2D eigenvalue weighted by Crippen LogP contribution is -2.54. The first-order valence-corrected chi connectivity index (χ1v) is 7.27. The van der Waals surface area contributed by atoms with Gasteiger partial charge < -0.3 is 10.6 Å². The topological polar surface area (TPSA) is 39.7 Å². The first-order valence-electron chi connectivity index (χ1n) is 7.27. The normalized spacial score (nSPS) is 16.7. The summed E-state index contributed by atoms with van der Waals surface area (Å²) in [5.41, 5.74) is 3.06. The van der Waals surface area contributed by atoms with Crippen molar-refractivity contribution in [1.82, 2.24) is 15.5 Å². The highest BCUT2D eigenvalue weighted by Crippen LogP contribution is 2.24. The molecule has 2 rings (SSSR count).